The van der Waals surface area contributed by atoms with E-state index in [1.54, 1.807) is 7.05 Å². The van der Waals surface area contributed by atoms with Crippen molar-refractivity contribution in [1.82, 2.24) is 10.3 Å². The maximum Gasteiger partial charge on any atom is 0.230 e. The van der Waals surface area contributed by atoms with Gasteiger partial charge in [0.25, 0.3) is 0 Å². The van der Waals surface area contributed by atoms with Gasteiger partial charge >= 0.3 is 0 Å². The van der Waals surface area contributed by atoms with Crippen LogP contribution in [0.3, 0.4) is 0 Å². The lowest BCUT2D eigenvalue weighted by atomic mass is 10.1. The van der Waals surface area contributed by atoms with Crippen LogP contribution in [0.15, 0.2) is 28.6 Å². The van der Waals surface area contributed by atoms with Crippen molar-refractivity contribution >= 4 is 34.0 Å². The highest BCUT2D eigenvalue weighted by Crippen LogP contribution is 2.35. The number of amides is 1. The normalized spacial score (nSPS) is 10.4. The van der Waals surface area contributed by atoms with Gasteiger partial charge in [-0.05, 0) is 13.0 Å². The van der Waals surface area contributed by atoms with Crippen LogP contribution in [0.1, 0.15) is 5.56 Å². The third kappa shape index (κ3) is 3.48. The fourth-order valence-electron chi connectivity index (χ4n) is 1.57. The monoisotopic (exact) mass is 293 g/mol. The van der Waals surface area contributed by atoms with Gasteiger partial charge in [0.05, 0.1) is 5.75 Å². The molecule has 1 aromatic heterocycles. The van der Waals surface area contributed by atoms with Crippen LogP contribution in [-0.2, 0) is 4.79 Å². The summed E-state index contributed by atoms with van der Waals surface area (Å²) in [5.41, 5.74) is 8.99. The van der Waals surface area contributed by atoms with Gasteiger partial charge in [-0.15, -0.1) is 0 Å². The molecule has 1 amide bonds. The topological polar surface area (TPSA) is 68.0 Å². The number of carbonyl (C=O) groups excluding carboxylic acids is 1. The van der Waals surface area contributed by atoms with Gasteiger partial charge < -0.3 is 11.1 Å². The summed E-state index contributed by atoms with van der Waals surface area (Å²) in [5.74, 6) is 0.340. The zero-order valence-electron chi connectivity index (χ0n) is 10.8. The maximum absolute atomic E-state index is 11.2. The minimum atomic E-state index is -0.0177. The van der Waals surface area contributed by atoms with Crippen molar-refractivity contribution < 1.29 is 4.79 Å². The number of hydrogen-bond acceptors (Lipinski definition) is 5. The van der Waals surface area contributed by atoms with E-state index in [1.807, 2.05) is 25.1 Å². The van der Waals surface area contributed by atoms with Crippen molar-refractivity contribution in [3.63, 3.8) is 0 Å². The van der Waals surface area contributed by atoms with Crippen molar-refractivity contribution in [3.05, 3.63) is 29.8 Å². The Morgan fingerprint density at radius 3 is 3.00 bits per heavy atom. The van der Waals surface area contributed by atoms with E-state index >= 15 is 0 Å². The number of nitrogens with one attached hydrogen (secondary N) is 1. The second-order valence-electron chi connectivity index (χ2n) is 4.02. The molecule has 0 fully saturated rings. The number of hydrogen-bond donors (Lipinski definition) is 2. The third-order valence-corrected chi connectivity index (χ3v) is 4.56. The molecule has 0 atom stereocenters. The molecule has 0 unspecified atom stereocenters. The number of anilines is 1. The van der Waals surface area contributed by atoms with Gasteiger partial charge in [0, 0.05) is 12.6 Å². The molecule has 2 aromatic rings. The molecule has 0 bridgehead atoms. The number of aromatic nitrogens is 1. The summed E-state index contributed by atoms with van der Waals surface area (Å²) in [6, 6.07) is 8.07. The number of benzene rings is 1. The fourth-order valence-corrected chi connectivity index (χ4v) is 3.39. The largest absolute Gasteiger partial charge is 0.389 e. The molecule has 1 aromatic carbocycles. The Morgan fingerprint density at radius 2 is 2.32 bits per heavy atom. The van der Waals surface area contributed by atoms with Gasteiger partial charge in [0.2, 0.25) is 5.91 Å². The van der Waals surface area contributed by atoms with E-state index in [9.17, 15) is 4.79 Å². The number of nitrogens with two attached hydrogens (primary N) is 1. The number of nitrogens with zero attached hydrogens (tertiary/aromatic N) is 1. The standard InChI is InChI=1S/C13H15N3OS2/c1-8-4-3-5-9(6-8)11-12(14)19-13(16-11)18-7-10(17)15-2/h3-6H,7,14H2,1-2H3,(H,15,17). The Hall–Kier alpha value is -1.53. The van der Waals surface area contributed by atoms with Crippen LogP contribution >= 0.6 is 23.1 Å². The summed E-state index contributed by atoms with van der Waals surface area (Å²) in [7, 11) is 1.62. The van der Waals surface area contributed by atoms with Crippen LogP contribution in [0.25, 0.3) is 11.3 Å². The minimum Gasteiger partial charge on any atom is -0.389 e. The molecule has 0 aliphatic rings. The third-order valence-electron chi connectivity index (χ3n) is 2.53. The zero-order chi connectivity index (χ0) is 13.8. The van der Waals surface area contributed by atoms with E-state index in [0.29, 0.717) is 10.8 Å². The first-order valence-corrected chi connectivity index (χ1v) is 7.57. The number of rotatable bonds is 4. The van der Waals surface area contributed by atoms with Gasteiger partial charge in [0.1, 0.15) is 10.7 Å². The fraction of sp³-hybridized carbons (Fsp3) is 0.231. The molecule has 19 heavy (non-hydrogen) atoms. The van der Waals surface area contributed by atoms with Crippen molar-refractivity contribution in [3.8, 4) is 11.3 Å². The van der Waals surface area contributed by atoms with E-state index in [2.05, 4.69) is 16.4 Å². The summed E-state index contributed by atoms with van der Waals surface area (Å²) >= 11 is 2.82. The first-order chi connectivity index (χ1) is 9.10. The van der Waals surface area contributed by atoms with E-state index in [0.717, 1.165) is 15.6 Å². The maximum atomic E-state index is 11.2. The van der Waals surface area contributed by atoms with Gasteiger partial charge in [-0.1, -0.05) is 46.9 Å². The van der Waals surface area contributed by atoms with Crippen molar-refractivity contribution in [1.29, 1.82) is 0 Å². The number of nitrogen functional groups attached to an aromatic ring is 1. The summed E-state index contributed by atoms with van der Waals surface area (Å²) in [4.78, 5) is 15.7. The molecule has 0 saturated carbocycles. The number of aryl methyl sites for hydroxylation is 1. The molecule has 0 saturated heterocycles. The molecule has 100 valence electrons. The predicted octanol–water partition coefficient (Wildman–Crippen LogP) is 2.54. The predicted molar refractivity (Wildman–Crippen MR) is 81.5 cm³/mol. The SMILES string of the molecule is CNC(=O)CSc1nc(-c2cccc(C)c2)c(N)s1. The molecule has 4 nitrogen and oxygen atoms in total. The van der Waals surface area contributed by atoms with Crippen LogP contribution in [0.5, 0.6) is 0 Å². The molecular formula is C13H15N3OS2. The van der Waals surface area contributed by atoms with Crippen LogP contribution in [0.2, 0.25) is 0 Å². The van der Waals surface area contributed by atoms with E-state index in [1.165, 1.54) is 28.7 Å². The molecular weight excluding hydrogens is 278 g/mol. The quantitative estimate of drug-likeness (QED) is 0.850. The lowest BCUT2D eigenvalue weighted by Crippen LogP contribution is -2.19. The number of thioether (sulfide) groups is 1. The summed E-state index contributed by atoms with van der Waals surface area (Å²) < 4.78 is 0.817. The van der Waals surface area contributed by atoms with Crippen molar-refractivity contribution in [2.24, 2.45) is 0 Å². The van der Waals surface area contributed by atoms with E-state index < -0.39 is 0 Å². The second-order valence-corrected chi connectivity index (χ2v) is 6.28. The number of carbonyl (C=O) groups is 1. The lowest BCUT2D eigenvalue weighted by Gasteiger charge is -1.99. The molecule has 0 aliphatic heterocycles. The van der Waals surface area contributed by atoms with Gasteiger partial charge in [-0.2, -0.15) is 0 Å². The molecule has 0 aliphatic carbocycles. The Bertz CT molecular complexity index is 595. The minimum absolute atomic E-state index is 0.0177. The molecule has 3 N–H and O–H groups in total. The Morgan fingerprint density at radius 1 is 1.53 bits per heavy atom. The second kappa shape index (κ2) is 6.08. The average molecular weight is 293 g/mol. The first-order valence-electron chi connectivity index (χ1n) is 5.77. The summed E-state index contributed by atoms with van der Waals surface area (Å²) in [6.45, 7) is 2.04. The molecule has 2 rings (SSSR count). The van der Waals surface area contributed by atoms with Crippen LogP contribution in [0.4, 0.5) is 5.00 Å². The van der Waals surface area contributed by atoms with E-state index in [-0.39, 0.29) is 5.91 Å². The molecule has 0 spiro atoms. The average Bonchev–Trinajstić information content (AvgIpc) is 2.77. The Kier molecular flexibility index (Phi) is 4.44. The highest BCUT2D eigenvalue weighted by atomic mass is 32.2. The highest BCUT2D eigenvalue weighted by molar-refractivity contribution is 8.01. The summed E-state index contributed by atoms with van der Waals surface area (Å²) in [5, 5.41) is 3.27. The molecule has 0 radical (unpaired) electrons. The van der Waals surface area contributed by atoms with Gasteiger partial charge in [-0.25, -0.2) is 4.98 Å². The molecule has 1 heterocycles. The Labute approximate surface area is 120 Å². The van der Waals surface area contributed by atoms with Gasteiger partial charge in [0.15, 0.2) is 4.34 Å². The van der Waals surface area contributed by atoms with Crippen molar-refractivity contribution in [2.45, 2.75) is 11.3 Å². The van der Waals surface area contributed by atoms with Crippen LogP contribution in [0, 0.1) is 6.92 Å². The van der Waals surface area contributed by atoms with Crippen LogP contribution < -0.4 is 11.1 Å². The highest BCUT2D eigenvalue weighted by Gasteiger charge is 2.12. The van der Waals surface area contributed by atoms with E-state index in [4.69, 9.17) is 5.73 Å². The van der Waals surface area contributed by atoms with Gasteiger partial charge in [-0.3, -0.25) is 4.79 Å². The smallest absolute Gasteiger partial charge is 0.230 e. The molecule has 6 heteroatoms. The lowest BCUT2D eigenvalue weighted by molar-refractivity contribution is -0.118. The number of thiazole rings is 1. The van der Waals surface area contributed by atoms with Crippen molar-refractivity contribution in [2.75, 3.05) is 18.5 Å². The first kappa shape index (κ1) is 13.9. The van der Waals surface area contributed by atoms with Crippen LogP contribution in [-0.4, -0.2) is 23.7 Å². The summed E-state index contributed by atoms with van der Waals surface area (Å²) in [6.07, 6.45) is 0. The Balaban J connectivity index is 2.19. The zero-order valence-corrected chi connectivity index (χ0v) is 12.4.